The van der Waals surface area contributed by atoms with E-state index in [0.29, 0.717) is 24.8 Å². The zero-order valence-electron chi connectivity index (χ0n) is 11.7. The fourth-order valence-corrected chi connectivity index (χ4v) is 2.62. The number of hydrogen-bond acceptors (Lipinski definition) is 7. The van der Waals surface area contributed by atoms with Gasteiger partial charge >= 0.3 is 5.97 Å². The fourth-order valence-electron chi connectivity index (χ4n) is 1.54. The van der Waals surface area contributed by atoms with E-state index in [0.717, 1.165) is 11.3 Å². The van der Waals surface area contributed by atoms with Crippen LogP contribution in [0.4, 0.5) is 10.7 Å². The van der Waals surface area contributed by atoms with E-state index in [1.165, 1.54) is 14.2 Å². The van der Waals surface area contributed by atoms with Gasteiger partial charge < -0.3 is 25.8 Å². The van der Waals surface area contributed by atoms with Gasteiger partial charge in [0, 0.05) is 20.2 Å². The number of carbonyl (C=O) groups excluding carboxylic acids is 2. The first-order valence-corrected chi connectivity index (χ1v) is 6.92. The average Bonchev–Trinajstić information content (AvgIpc) is 2.79. The van der Waals surface area contributed by atoms with E-state index in [2.05, 4.69) is 10.6 Å². The molecule has 0 radical (unpaired) electrons. The Labute approximate surface area is 121 Å². The van der Waals surface area contributed by atoms with Crippen LogP contribution in [0.5, 0.6) is 0 Å². The van der Waals surface area contributed by atoms with Crippen molar-refractivity contribution in [2.45, 2.75) is 6.92 Å². The quantitative estimate of drug-likeness (QED) is 0.511. The average molecular weight is 301 g/mol. The second-order valence-electron chi connectivity index (χ2n) is 3.74. The highest BCUT2D eigenvalue weighted by atomic mass is 32.1. The lowest BCUT2D eigenvalue weighted by Crippen LogP contribution is -2.18. The highest BCUT2D eigenvalue weighted by Gasteiger charge is 2.25. The number of hydrogen-bond donors (Lipinski definition) is 3. The number of ether oxygens (including phenoxy) is 2. The van der Waals surface area contributed by atoms with Crippen molar-refractivity contribution in [2.24, 2.45) is 0 Å². The van der Waals surface area contributed by atoms with Gasteiger partial charge in [0.25, 0.3) is 5.91 Å². The Kier molecular flexibility index (Phi) is 6.26. The second-order valence-corrected chi connectivity index (χ2v) is 4.76. The molecule has 0 saturated heterocycles. The first-order chi connectivity index (χ1) is 9.56. The number of anilines is 2. The Morgan fingerprint density at radius 3 is 2.65 bits per heavy atom. The smallest absolute Gasteiger partial charge is 0.343 e. The molecule has 0 aliphatic carbocycles. The van der Waals surface area contributed by atoms with Gasteiger partial charge in [-0.1, -0.05) is 0 Å². The minimum absolute atomic E-state index is 0.125. The lowest BCUT2D eigenvalue weighted by Gasteiger charge is -2.06. The summed E-state index contributed by atoms with van der Waals surface area (Å²) in [4.78, 5) is 23.8. The first kappa shape index (κ1) is 16.3. The summed E-state index contributed by atoms with van der Waals surface area (Å²) in [6.07, 6.45) is 0. The zero-order chi connectivity index (χ0) is 15.1. The molecule has 0 spiro atoms. The predicted molar refractivity (Wildman–Crippen MR) is 78.4 cm³/mol. The highest BCUT2D eigenvalue weighted by Crippen LogP contribution is 2.36. The lowest BCUT2D eigenvalue weighted by molar-refractivity contribution is 0.0603. The summed E-state index contributed by atoms with van der Waals surface area (Å²) in [5.41, 5.74) is 6.18. The number of carbonyl (C=O) groups is 2. The van der Waals surface area contributed by atoms with E-state index in [-0.39, 0.29) is 22.0 Å². The van der Waals surface area contributed by atoms with Gasteiger partial charge in [-0.25, -0.2) is 4.79 Å². The van der Waals surface area contributed by atoms with Gasteiger partial charge in [0.1, 0.15) is 15.4 Å². The molecule has 4 N–H and O–H groups in total. The van der Waals surface area contributed by atoms with E-state index in [9.17, 15) is 9.59 Å². The fraction of sp³-hybridized carbons (Fsp3) is 0.500. The van der Waals surface area contributed by atoms with Crippen LogP contribution in [0, 0.1) is 0 Å². The third-order valence-corrected chi connectivity index (χ3v) is 3.67. The number of nitrogens with one attached hydrogen (secondary N) is 2. The molecular weight excluding hydrogens is 282 g/mol. The van der Waals surface area contributed by atoms with Crippen LogP contribution in [0.15, 0.2) is 0 Å². The zero-order valence-corrected chi connectivity index (χ0v) is 12.6. The molecule has 0 aliphatic heterocycles. The molecule has 1 aromatic heterocycles. The van der Waals surface area contributed by atoms with Crippen molar-refractivity contribution in [1.82, 2.24) is 5.32 Å². The van der Waals surface area contributed by atoms with Crippen LogP contribution in [0.3, 0.4) is 0 Å². The number of esters is 1. The summed E-state index contributed by atoms with van der Waals surface area (Å²) < 4.78 is 9.90. The summed E-state index contributed by atoms with van der Waals surface area (Å²) in [6.45, 7) is 3.50. The van der Waals surface area contributed by atoms with Crippen LogP contribution >= 0.6 is 11.3 Å². The number of nitrogens with two attached hydrogens (primary N) is 1. The van der Waals surface area contributed by atoms with Crippen LogP contribution in [-0.4, -0.2) is 45.8 Å². The monoisotopic (exact) mass is 301 g/mol. The van der Waals surface area contributed by atoms with Crippen molar-refractivity contribution >= 4 is 33.9 Å². The van der Waals surface area contributed by atoms with E-state index in [4.69, 9.17) is 15.2 Å². The van der Waals surface area contributed by atoms with Gasteiger partial charge in [0.05, 0.1) is 19.4 Å². The third kappa shape index (κ3) is 3.61. The topological polar surface area (TPSA) is 103 Å². The largest absolute Gasteiger partial charge is 0.465 e. The lowest BCUT2D eigenvalue weighted by atomic mass is 10.2. The molecule has 1 heterocycles. The third-order valence-electron chi connectivity index (χ3n) is 2.50. The predicted octanol–water partition coefficient (Wildman–Crippen LogP) is 0.925. The summed E-state index contributed by atoms with van der Waals surface area (Å²) in [6, 6.07) is 0. The van der Waals surface area contributed by atoms with Crippen LogP contribution in [-0.2, 0) is 9.47 Å². The van der Waals surface area contributed by atoms with Crippen molar-refractivity contribution in [1.29, 1.82) is 0 Å². The molecule has 0 aliphatic rings. The van der Waals surface area contributed by atoms with Gasteiger partial charge in [0.15, 0.2) is 0 Å². The number of thiophene rings is 1. The SMILES string of the molecule is CCOCCNc1sc(C(=O)NC)c(N)c1C(=O)OC. The Hall–Kier alpha value is -1.80. The van der Waals surface area contributed by atoms with Crippen molar-refractivity contribution in [2.75, 3.05) is 45.0 Å². The molecule has 20 heavy (non-hydrogen) atoms. The minimum Gasteiger partial charge on any atom is -0.465 e. The number of nitrogen functional groups attached to an aromatic ring is 1. The standard InChI is InChI=1S/C12H19N3O4S/c1-4-19-6-5-15-11-7(12(17)18-3)8(13)9(20-11)10(16)14-2/h15H,4-6,13H2,1-3H3,(H,14,16). The Morgan fingerprint density at radius 1 is 1.40 bits per heavy atom. The molecule has 0 unspecified atom stereocenters. The van der Waals surface area contributed by atoms with Crippen molar-refractivity contribution in [3.8, 4) is 0 Å². The molecule has 8 heteroatoms. The number of amides is 1. The van der Waals surface area contributed by atoms with E-state index < -0.39 is 5.97 Å². The highest BCUT2D eigenvalue weighted by molar-refractivity contribution is 7.19. The van der Waals surface area contributed by atoms with Crippen molar-refractivity contribution in [3.63, 3.8) is 0 Å². The Morgan fingerprint density at radius 2 is 2.10 bits per heavy atom. The van der Waals surface area contributed by atoms with Gasteiger partial charge in [0.2, 0.25) is 0 Å². The molecule has 1 rings (SSSR count). The second kappa shape index (κ2) is 7.71. The maximum Gasteiger partial charge on any atom is 0.343 e. The molecule has 0 saturated carbocycles. The number of rotatable bonds is 7. The molecule has 1 amide bonds. The molecule has 1 aromatic rings. The van der Waals surface area contributed by atoms with Crippen molar-refractivity contribution in [3.05, 3.63) is 10.4 Å². The summed E-state index contributed by atoms with van der Waals surface area (Å²) in [5.74, 6) is -0.914. The maximum absolute atomic E-state index is 11.8. The van der Waals surface area contributed by atoms with Crippen LogP contribution in [0.2, 0.25) is 0 Å². The van der Waals surface area contributed by atoms with Gasteiger partial charge in [-0.05, 0) is 6.92 Å². The molecular formula is C12H19N3O4S. The van der Waals surface area contributed by atoms with Crippen molar-refractivity contribution < 1.29 is 19.1 Å². The number of methoxy groups -OCH3 is 1. The molecule has 112 valence electrons. The molecule has 0 aromatic carbocycles. The normalized spacial score (nSPS) is 10.2. The van der Waals surface area contributed by atoms with Gasteiger partial charge in [-0.2, -0.15) is 0 Å². The molecule has 0 atom stereocenters. The summed E-state index contributed by atoms with van der Waals surface area (Å²) in [5, 5.41) is 6.03. The minimum atomic E-state index is -0.576. The maximum atomic E-state index is 11.8. The van der Waals surface area contributed by atoms with E-state index in [1.807, 2.05) is 6.92 Å². The molecule has 7 nitrogen and oxygen atoms in total. The summed E-state index contributed by atoms with van der Waals surface area (Å²) >= 11 is 1.12. The van der Waals surface area contributed by atoms with Crippen LogP contribution < -0.4 is 16.4 Å². The summed E-state index contributed by atoms with van der Waals surface area (Å²) in [7, 11) is 2.77. The van der Waals surface area contributed by atoms with Gasteiger partial charge in [-0.15, -0.1) is 11.3 Å². The van der Waals surface area contributed by atoms with Crippen LogP contribution in [0.25, 0.3) is 0 Å². The molecule has 0 bridgehead atoms. The van der Waals surface area contributed by atoms with Gasteiger partial charge in [-0.3, -0.25) is 4.79 Å². The first-order valence-electron chi connectivity index (χ1n) is 6.11. The van der Waals surface area contributed by atoms with E-state index >= 15 is 0 Å². The van der Waals surface area contributed by atoms with Crippen LogP contribution in [0.1, 0.15) is 27.0 Å². The Bertz CT molecular complexity index is 487. The Balaban J connectivity index is 3.01. The molecule has 0 fully saturated rings. The van der Waals surface area contributed by atoms with E-state index in [1.54, 1.807) is 0 Å².